The van der Waals surface area contributed by atoms with Crippen molar-refractivity contribution in [3.8, 4) is 0 Å². The molecule has 0 saturated carbocycles. The summed E-state index contributed by atoms with van der Waals surface area (Å²) >= 11 is 0. The summed E-state index contributed by atoms with van der Waals surface area (Å²) < 4.78 is 15.9. The van der Waals surface area contributed by atoms with Crippen molar-refractivity contribution in [2.24, 2.45) is 0 Å². The van der Waals surface area contributed by atoms with Crippen LogP contribution < -0.4 is 5.32 Å². The van der Waals surface area contributed by atoms with Gasteiger partial charge in [-0.3, -0.25) is 0 Å². The Kier molecular flexibility index (Phi) is 9.34. The van der Waals surface area contributed by atoms with E-state index in [0.29, 0.717) is 19.8 Å². The third-order valence-electron chi connectivity index (χ3n) is 3.50. The zero-order valence-electron chi connectivity index (χ0n) is 12.9. The van der Waals surface area contributed by atoms with E-state index < -0.39 is 30.7 Å². The van der Waals surface area contributed by atoms with Gasteiger partial charge in [-0.25, -0.2) is 0 Å². The molecular formula is C14H29NO6. The highest BCUT2D eigenvalue weighted by atomic mass is 16.7. The van der Waals surface area contributed by atoms with Gasteiger partial charge in [-0.05, 0) is 19.4 Å². The van der Waals surface area contributed by atoms with Gasteiger partial charge < -0.3 is 34.8 Å². The summed E-state index contributed by atoms with van der Waals surface area (Å²) in [5.41, 5.74) is 0. The summed E-state index contributed by atoms with van der Waals surface area (Å²) in [6, 6.07) is 0. The second-order valence-corrected chi connectivity index (χ2v) is 5.29. The van der Waals surface area contributed by atoms with Crippen molar-refractivity contribution in [1.29, 1.82) is 0 Å². The van der Waals surface area contributed by atoms with E-state index in [1.165, 1.54) is 0 Å². The third kappa shape index (κ3) is 6.15. The van der Waals surface area contributed by atoms with E-state index in [0.717, 1.165) is 25.8 Å². The van der Waals surface area contributed by atoms with E-state index in [9.17, 15) is 15.3 Å². The topological polar surface area (TPSA) is 100 Å². The zero-order valence-corrected chi connectivity index (χ0v) is 12.9. The van der Waals surface area contributed by atoms with Crippen molar-refractivity contribution in [2.75, 3.05) is 33.4 Å². The number of hydrogen-bond donors (Lipinski definition) is 4. The molecule has 0 amide bonds. The van der Waals surface area contributed by atoms with Crippen LogP contribution in [-0.4, -0.2) is 79.4 Å². The van der Waals surface area contributed by atoms with Crippen molar-refractivity contribution in [3.05, 3.63) is 0 Å². The number of rotatable bonds is 10. The molecule has 0 spiro atoms. The SMILES string of the molecule is CCCCOC1O[C@H](CNCCCOC)[C@@H](O)[C@H](O)[C@H]1O. The second kappa shape index (κ2) is 10.4. The molecule has 0 bridgehead atoms. The van der Waals surface area contributed by atoms with Gasteiger partial charge in [-0.2, -0.15) is 0 Å². The summed E-state index contributed by atoms with van der Waals surface area (Å²) in [6.07, 6.45) is -2.48. The first-order valence-electron chi connectivity index (χ1n) is 7.62. The van der Waals surface area contributed by atoms with Crippen molar-refractivity contribution in [2.45, 2.75) is 56.9 Å². The minimum absolute atomic E-state index is 0.377. The summed E-state index contributed by atoms with van der Waals surface area (Å²) in [7, 11) is 1.64. The first kappa shape index (κ1) is 18.8. The van der Waals surface area contributed by atoms with E-state index in [2.05, 4.69) is 5.32 Å². The summed E-state index contributed by atoms with van der Waals surface area (Å²) in [4.78, 5) is 0. The first-order chi connectivity index (χ1) is 10.1. The van der Waals surface area contributed by atoms with Gasteiger partial charge in [0.1, 0.15) is 24.4 Å². The lowest BCUT2D eigenvalue weighted by molar-refractivity contribution is -0.295. The molecule has 1 fully saturated rings. The van der Waals surface area contributed by atoms with Crippen LogP contribution in [0.4, 0.5) is 0 Å². The van der Waals surface area contributed by atoms with E-state index in [1.54, 1.807) is 7.11 Å². The lowest BCUT2D eigenvalue weighted by Gasteiger charge is -2.40. The number of nitrogens with one attached hydrogen (secondary N) is 1. The predicted molar refractivity (Wildman–Crippen MR) is 76.9 cm³/mol. The second-order valence-electron chi connectivity index (χ2n) is 5.29. The Morgan fingerprint density at radius 1 is 1.05 bits per heavy atom. The fourth-order valence-electron chi connectivity index (χ4n) is 2.15. The standard InChI is InChI=1S/C14H29NO6/c1-3-4-8-20-14-13(18)12(17)11(16)10(21-14)9-15-6-5-7-19-2/h10-18H,3-9H2,1-2H3/t10-,11-,12+,13-,14?/m1/s1. The Morgan fingerprint density at radius 3 is 2.48 bits per heavy atom. The molecule has 1 heterocycles. The third-order valence-corrected chi connectivity index (χ3v) is 3.50. The summed E-state index contributed by atoms with van der Waals surface area (Å²) in [5, 5.41) is 32.8. The molecule has 7 nitrogen and oxygen atoms in total. The molecule has 126 valence electrons. The highest BCUT2D eigenvalue weighted by Crippen LogP contribution is 2.22. The lowest BCUT2D eigenvalue weighted by atomic mass is 9.99. The molecule has 1 saturated heterocycles. The molecule has 0 aromatic rings. The Balaban J connectivity index is 2.39. The Morgan fingerprint density at radius 2 is 1.81 bits per heavy atom. The predicted octanol–water partition coefficient (Wildman–Crippen LogP) is -0.763. The van der Waals surface area contributed by atoms with Crippen LogP contribution in [0.15, 0.2) is 0 Å². The van der Waals surface area contributed by atoms with Crippen molar-refractivity contribution in [3.63, 3.8) is 0 Å². The van der Waals surface area contributed by atoms with Crippen LogP contribution in [0.5, 0.6) is 0 Å². The summed E-state index contributed by atoms with van der Waals surface area (Å²) in [6.45, 7) is 4.25. The number of hydrogen-bond acceptors (Lipinski definition) is 7. The van der Waals surface area contributed by atoms with Gasteiger partial charge in [0.15, 0.2) is 6.29 Å². The molecule has 21 heavy (non-hydrogen) atoms. The molecule has 1 aliphatic heterocycles. The smallest absolute Gasteiger partial charge is 0.186 e. The van der Waals surface area contributed by atoms with Crippen molar-refractivity contribution < 1.29 is 29.5 Å². The Hall–Kier alpha value is -0.280. The van der Waals surface area contributed by atoms with E-state index in [-0.39, 0.29) is 0 Å². The molecule has 1 aliphatic rings. The molecule has 0 aromatic heterocycles. The van der Waals surface area contributed by atoms with Gasteiger partial charge in [0.05, 0.1) is 0 Å². The molecule has 0 aliphatic carbocycles. The highest BCUT2D eigenvalue weighted by Gasteiger charge is 2.43. The maximum absolute atomic E-state index is 9.94. The molecule has 4 N–H and O–H groups in total. The molecule has 0 aromatic carbocycles. The molecule has 1 rings (SSSR count). The minimum atomic E-state index is -1.27. The fraction of sp³-hybridized carbons (Fsp3) is 1.00. The number of aliphatic hydroxyl groups is 3. The number of unbranched alkanes of at least 4 members (excludes halogenated alkanes) is 1. The number of aliphatic hydroxyl groups excluding tert-OH is 3. The van der Waals surface area contributed by atoms with Crippen molar-refractivity contribution in [1.82, 2.24) is 5.32 Å². The van der Waals surface area contributed by atoms with E-state index in [4.69, 9.17) is 14.2 Å². The van der Waals surface area contributed by atoms with Crippen LogP contribution in [0.2, 0.25) is 0 Å². The molecule has 5 atom stereocenters. The monoisotopic (exact) mass is 307 g/mol. The average Bonchev–Trinajstić information content (AvgIpc) is 2.48. The maximum atomic E-state index is 9.94. The van der Waals surface area contributed by atoms with E-state index in [1.807, 2.05) is 6.92 Å². The number of ether oxygens (including phenoxy) is 3. The molecule has 0 radical (unpaired) electrons. The first-order valence-corrected chi connectivity index (χ1v) is 7.62. The minimum Gasteiger partial charge on any atom is -0.388 e. The van der Waals surface area contributed by atoms with Crippen LogP contribution >= 0.6 is 0 Å². The Bertz CT molecular complexity index is 268. The average molecular weight is 307 g/mol. The van der Waals surface area contributed by atoms with Gasteiger partial charge in [0.2, 0.25) is 0 Å². The van der Waals surface area contributed by atoms with Crippen LogP contribution in [0, 0.1) is 0 Å². The molecular weight excluding hydrogens is 278 g/mol. The van der Waals surface area contributed by atoms with Gasteiger partial charge in [-0.15, -0.1) is 0 Å². The van der Waals surface area contributed by atoms with E-state index >= 15 is 0 Å². The maximum Gasteiger partial charge on any atom is 0.186 e. The Labute approximate surface area is 126 Å². The number of methoxy groups -OCH3 is 1. The fourth-order valence-corrected chi connectivity index (χ4v) is 2.15. The van der Waals surface area contributed by atoms with Crippen LogP contribution in [0.25, 0.3) is 0 Å². The lowest BCUT2D eigenvalue weighted by Crippen LogP contribution is -2.60. The van der Waals surface area contributed by atoms with Crippen molar-refractivity contribution >= 4 is 0 Å². The van der Waals surface area contributed by atoms with Gasteiger partial charge in [-0.1, -0.05) is 13.3 Å². The van der Waals surface area contributed by atoms with Crippen LogP contribution in [0.3, 0.4) is 0 Å². The van der Waals surface area contributed by atoms with Crippen LogP contribution in [-0.2, 0) is 14.2 Å². The van der Waals surface area contributed by atoms with Gasteiger partial charge in [0.25, 0.3) is 0 Å². The van der Waals surface area contributed by atoms with Crippen LogP contribution in [0.1, 0.15) is 26.2 Å². The molecule has 1 unspecified atom stereocenters. The van der Waals surface area contributed by atoms with Gasteiger partial charge in [0, 0.05) is 26.9 Å². The quantitative estimate of drug-likeness (QED) is 0.394. The highest BCUT2D eigenvalue weighted by molar-refractivity contribution is 4.90. The molecule has 7 heteroatoms. The van der Waals surface area contributed by atoms with Gasteiger partial charge >= 0.3 is 0 Å². The largest absolute Gasteiger partial charge is 0.388 e. The zero-order chi connectivity index (χ0) is 15.7. The summed E-state index contributed by atoms with van der Waals surface area (Å²) in [5.74, 6) is 0. The normalized spacial score (nSPS) is 33.3.